The number of aromatic nitrogens is 3. The summed E-state index contributed by atoms with van der Waals surface area (Å²) >= 11 is 0. The number of hydrogen-bond donors (Lipinski definition) is 0. The number of rotatable bonds is 4. The molecule has 2 aromatic heterocycles. The van der Waals surface area contributed by atoms with Crippen molar-refractivity contribution in [2.75, 3.05) is 37.6 Å². The number of nitrogens with zero attached hydrogens (tertiary/aromatic N) is 5. The Morgan fingerprint density at radius 1 is 0.971 bits per heavy atom. The lowest BCUT2D eigenvalue weighted by atomic mass is 10.1. The van der Waals surface area contributed by atoms with E-state index in [4.69, 9.17) is 4.98 Å². The van der Waals surface area contributed by atoms with Gasteiger partial charge in [0.05, 0.1) is 11.4 Å². The molecule has 0 N–H and O–H groups in total. The van der Waals surface area contributed by atoms with Gasteiger partial charge in [0.25, 0.3) is 0 Å². The smallest absolute Gasteiger partial charge is 0.161 e. The summed E-state index contributed by atoms with van der Waals surface area (Å²) in [6.45, 7) is 6.88. The van der Waals surface area contributed by atoms with Gasteiger partial charge in [0, 0.05) is 56.0 Å². The molecule has 0 aliphatic carbocycles. The predicted molar refractivity (Wildman–Crippen MR) is 133 cm³/mol. The SMILES string of the molecule is Fc1ccc(-c2cc3n(c2)Cc2cc(N4CCC(CN5CCC5)C4)ccc2-n2ccnc2-3)cc1. The molecule has 3 aliphatic heterocycles. The summed E-state index contributed by atoms with van der Waals surface area (Å²) < 4.78 is 17.9. The van der Waals surface area contributed by atoms with E-state index in [2.05, 4.69) is 49.4 Å². The molecule has 1 unspecified atom stereocenters. The number of benzene rings is 2. The van der Waals surface area contributed by atoms with E-state index in [1.807, 2.05) is 24.5 Å². The summed E-state index contributed by atoms with van der Waals surface area (Å²) in [6, 6.07) is 15.8. The maximum absolute atomic E-state index is 13.5. The summed E-state index contributed by atoms with van der Waals surface area (Å²) in [5, 5.41) is 0. The summed E-state index contributed by atoms with van der Waals surface area (Å²) in [4.78, 5) is 9.85. The molecule has 3 aliphatic rings. The van der Waals surface area contributed by atoms with E-state index in [1.54, 1.807) is 0 Å². The van der Waals surface area contributed by atoms with E-state index in [0.29, 0.717) is 0 Å². The van der Waals surface area contributed by atoms with Crippen molar-refractivity contribution in [2.45, 2.75) is 19.4 Å². The minimum absolute atomic E-state index is 0.212. The van der Waals surface area contributed by atoms with Crippen LogP contribution in [0.3, 0.4) is 0 Å². The van der Waals surface area contributed by atoms with Crippen molar-refractivity contribution in [3.05, 3.63) is 78.5 Å². The molecule has 6 heteroatoms. The van der Waals surface area contributed by atoms with Crippen LogP contribution in [0.2, 0.25) is 0 Å². The van der Waals surface area contributed by atoms with E-state index < -0.39 is 0 Å². The van der Waals surface area contributed by atoms with Gasteiger partial charge >= 0.3 is 0 Å². The summed E-state index contributed by atoms with van der Waals surface area (Å²) in [5.74, 6) is 1.50. The minimum Gasteiger partial charge on any atom is -0.371 e. The molecule has 2 aromatic carbocycles. The van der Waals surface area contributed by atoms with Gasteiger partial charge in [0.15, 0.2) is 5.82 Å². The molecular formula is C28H28FN5. The van der Waals surface area contributed by atoms with Crippen LogP contribution in [0.25, 0.3) is 28.3 Å². The van der Waals surface area contributed by atoms with Crippen LogP contribution in [-0.4, -0.2) is 51.7 Å². The molecule has 0 spiro atoms. The molecule has 2 saturated heterocycles. The topological polar surface area (TPSA) is 29.2 Å². The van der Waals surface area contributed by atoms with E-state index in [1.165, 1.54) is 61.5 Å². The first-order valence-corrected chi connectivity index (χ1v) is 12.3. The molecule has 0 amide bonds. The molecule has 172 valence electrons. The molecule has 7 rings (SSSR count). The molecule has 1 atom stereocenters. The van der Waals surface area contributed by atoms with Gasteiger partial charge in [0.2, 0.25) is 0 Å². The number of imidazole rings is 1. The van der Waals surface area contributed by atoms with Crippen molar-refractivity contribution in [2.24, 2.45) is 5.92 Å². The zero-order valence-electron chi connectivity index (χ0n) is 19.2. The Morgan fingerprint density at radius 2 is 1.85 bits per heavy atom. The first kappa shape index (κ1) is 20.0. The van der Waals surface area contributed by atoms with E-state index in [0.717, 1.165) is 48.2 Å². The minimum atomic E-state index is -0.212. The Labute approximate surface area is 199 Å². The molecule has 4 aromatic rings. The number of likely N-dealkylation sites (tertiary alicyclic amines) is 1. The molecule has 34 heavy (non-hydrogen) atoms. The Bertz CT molecular complexity index is 1350. The second kappa shape index (κ2) is 7.84. The van der Waals surface area contributed by atoms with Crippen LogP contribution in [0.5, 0.6) is 0 Å². The molecular weight excluding hydrogens is 425 g/mol. The van der Waals surface area contributed by atoms with Crippen molar-refractivity contribution in [1.82, 2.24) is 19.0 Å². The normalized spacial score (nSPS) is 19.3. The number of fused-ring (bicyclic) bond motifs is 5. The van der Waals surface area contributed by atoms with Crippen LogP contribution in [0.15, 0.2) is 67.1 Å². The second-order valence-corrected chi connectivity index (χ2v) is 9.94. The molecule has 2 fully saturated rings. The molecule has 0 radical (unpaired) electrons. The Hall–Kier alpha value is -3.38. The quantitative estimate of drug-likeness (QED) is 0.382. The highest BCUT2D eigenvalue weighted by Crippen LogP contribution is 2.36. The van der Waals surface area contributed by atoms with Crippen molar-refractivity contribution >= 4 is 5.69 Å². The second-order valence-electron chi connectivity index (χ2n) is 9.94. The zero-order valence-corrected chi connectivity index (χ0v) is 19.2. The lowest BCUT2D eigenvalue weighted by Gasteiger charge is -2.33. The van der Waals surface area contributed by atoms with Gasteiger partial charge in [-0.05, 0) is 79.4 Å². The van der Waals surface area contributed by atoms with Gasteiger partial charge in [-0.3, -0.25) is 4.57 Å². The van der Waals surface area contributed by atoms with Crippen LogP contribution < -0.4 is 4.90 Å². The number of hydrogen-bond acceptors (Lipinski definition) is 3. The fourth-order valence-electron chi connectivity index (χ4n) is 5.78. The van der Waals surface area contributed by atoms with E-state index >= 15 is 0 Å². The van der Waals surface area contributed by atoms with Crippen LogP contribution >= 0.6 is 0 Å². The highest BCUT2D eigenvalue weighted by molar-refractivity contribution is 5.72. The highest BCUT2D eigenvalue weighted by atomic mass is 19.1. The van der Waals surface area contributed by atoms with Gasteiger partial charge in [-0.15, -0.1) is 0 Å². The lowest BCUT2D eigenvalue weighted by Crippen LogP contribution is -2.41. The molecule has 5 nitrogen and oxygen atoms in total. The summed E-state index contributed by atoms with van der Waals surface area (Å²) in [6.07, 6.45) is 8.73. The van der Waals surface area contributed by atoms with E-state index in [9.17, 15) is 4.39 Å². The Morgan fingerprint density at radius 3 is 2.68 bits per heavy atom. The van der Waals surface area contributed by atoms with Gasteiger partial charge in [0.1, 0.15) is 5.82 Å². The summed E-state index contributed by atoms with van der Waals surface area (Å²) in [5.41, 5.74) is 6.98. The van der Waals surface area contributed by atoms with Crippen molar-refractivity contribution in [3.8, 4) is 28.3 Å². The highest BCUT2D eigenvalue weighted by Gasteiger charge is 2.28. The third-order valence-corrected chi connectivity index (χ3v) is 7.72. The van der Waals surface area contributed by atoms with Crippen LogP contribution in [-0.2, 0) is 6.54 Å². The number of anilines is 1. The lowest BCUT2D eigenvalue weighted by molar-refractivity contribution is 0.157. The van der Waals surface area contributed by atoms with Crippen molar-refractivity contribution in [3.63, 3.8) is 0 Å². The number of halogens is 1. The maximum Gasteiger partial charge on any atom is 0.161 e. The first-order chi connectivity index (χ1) is 16.7. The Balaban J connectivity index is 1.22. The average Bonchev–Trinajstić information content (AvgIpc) is 3.55. The van der Waals surface area contributed by atoms with Crippen LogP contribution in [0.1, 0.15) is 18.4 Å². The zero-order chi connectivity index (χ0) is 22.6. The third-order valence-electron chi connectivity index (χ3n) is 7.72. The van der Waals surface area contributed by atoms with Crippen LogP contribution in [0.4, 0.5) is 10.1 Å². The molecule has 0 bridgehead atoms. The largest absolute Gasteiger partial charge is 0.371 e. The first-order valence-electron chi connectivity index (χ1n) is 12.3. The van der Waals surface area contributed by atoms with Crippen molar-refractivity contribution < 1.29 is 4.39 Å². The third kappa shape index (κ3) is 3.36. The van der Waals surface area contributed by atoms with Gasteiger partial charge in [-0.25, -0.2) is 9.37 Å². The fraction of sp³-hybridized carbons (Fsp3) is 0.321. The maximum atomic E-state index is 13.5. The van der Waals surface area contributed by atoms with E-state index in [-0.39, 0.29) is 5.82 Å². The van der Waals surface area contributed by atoms with Gasteiger partial charge in [-0.1, -0.05) is 12.1 Å². The van der Waals surface area contributed by atoms with Gasteiger partial charge < -0.3 is 14.4 Å². The predicted octanol–water partition coefficient (Wildman–Crippen LogP) is 5.04. The van der Waals surface area contributed by atoms with Gasteiger partial charge in [-0.2, -0.15) is 0 Å². The van der Waals surface area contributed by atoms with Crippen LogP contribution in [0, 0.1) is 11.7 Å². The summed E-state index contributed by atoms with van der Waals surface area (Å²) in [7, 11) is 0. The Kier molecular flexibility index (Phi) is 4.62. The van der Waals surface area contributed by atoms with Crippen molar-refractivity contribution in [1.29, 1.82) is 0 Å². The standard InChI is InChI=1S/C28H28FN5/c29-24-4-2-21(3-5-24)22-15-27-28-30-9-13-34(28)26-7-6-25(14-23(26)19-33(27)18-22)32-12-8-20(17-32)16-31-10-1-11-31/h2-7,9,13-15,18,20H,1,8,10-12,16-17,19H2. The molecule has 0 saturated carbocycles. The monoisotopic (exact) mass is 453 g/mol. The fourth-order valence-corrected chi connectivity index (χ4v) is 5.78. The average molecular weight is 454 g/mol. The molecule has 5 heterocycles.